The van der Waals surface area contributed by atoms with E-state index in [1.807, 2.05) is 0 Å². The molecule has 7 heteroatoms. The third-order valence-corrected chi connectivity index (χ3v) is 2.71. The molecular weight excluding hydrogens is 253 g/mol. The van der Waals surface area contributed by atoms with Crippen LogP contribution in [0.15, 0.2) is 16.8 Å². The molecule has 100 valence electrons. The normalized spacial score (nSPS) is 10.5. The molecule has 1 heterocycles. The molecule has 1 aromatic heterocycles. The number of carbonyl (C=O) groups excluding carboxylic acids is 1. The molecule has 2 N–H and O–H groups in total. The molecule has 6 nitrogen and oxygen atoms in total. The third-order valence-electron chi connectivity index (χ3n) is 2.71. The Morgan fingerprint density at radius 3 is 2.74 bits per heavy atom. The maximum atomic E-state index is 13.5. The number of ether oxygens (including phenoxy) is 1. The molecule has 0 spiro atoms. The zero-order valence-corrected chi connectivity index (χ0v) is 10.4. The van der Waals surface area contributed by atoms with Crippen LogP contribution >= 0.6 is 0 Å². The second-order valence-electron chi connectivity index (χ2n) is 4.04. The summed E-state index contributed by atoms with van der Waals surface area (Å²) in [4.78, 5) is 11.7. The number of benzene rings is 1. The average Bonchev–Trinajstić information content (AvgIpc) is 2.78. The van der Waals surface area contributed by atoms with Crippen LogP contribution < -0.4 is 5.73 Å². The molecule has 0 amide bonds. The van der Waals surface area contributed by atoms with Crippen LogP contribution in [-0.2, 0) is 11.3 Å². The summed E-state index contributed by atoms with van der Waals surface area (Å²) in [7, 11) is 0. The minimum atomic E-state index is -0.687. The first-order chi connectivity index (χ1) is 8.99. The van der Waals surface area contributed by atoms with Gasteiger partial charge in [-0.2, -0.15) is 0 Å². The lowest BCUT2D eigenvalue weighted by Gasteiger charge is -2.06. The number of anilines is 1. The van der Waals surface area contributed by atoms with Gasteiger partial charge in [0.15, 0.2) is 0 Å². The van der Waals surface area contributed by atoms with Gasteiger partial charge in [0, 0.05) is 11.3 Å². The van der Waals surface area contributed by atoms with Gasteiger partial charge < -0.3 is 10.5 Å². The van der Waals surface area contributed by atoms with Gasteiger partial charge in [0.2, 0.25) is 0 Å². The molecule has 0 saturated heterocycles. The SMILES string of the molecule is Cc1nonc1COC(=O)c1cc(N)c(C)c(F)c1. The molecule has 0 aliphatic rings. The monoisotopic (exact) mass is 265 g/mol. The minimum Gasteiger partial charge on any atom is -0.455 e. The van der Waals surface area contributed by atoms with Crippen molar-refractivity contribution in [2.45, 2.75) is 20.5 Å². The van der Waals surface area contributed by atoms with E-state index in [0.29, 0.717) is 17.0 Å². The highest BCUT2D eigenvalue weighted by atomic mass is 19.1. The van der Waals surface area contributed by atoms with Crippen LogP contribution in [0.3, 0.4) is 0 Å². The van der Waals surface area contributed by atoms with E-state index in [-0.39, 0.29) is 17.9 Å². The summed E-state index contributed by atoms with van der Waals surface area (Å²) in [5, 5.41) is 7.12. The number of carbonyl (C=O) groups is 1. The molecule has 2 aromatic rings. The summed E-state index contributed by atoms with van der Waals surface area (Å²) in [6, 6.07) is 2.45. The van der Waals surface area contributed by atoms with Crippen molar-refractivity contribution < 1.29 is 18.6 Å². The van der Waals surface area contributed by atoms with Crippen LogP contribution in [0.4, 0.5) is 10.1 Å². The van der Waals surface area contributed by atoms with E-state index in [9.17, 15) is 9.18 Å². The second kappa shape index (κ2) is 5.05. The van der Waals surface area contributed by atoms with Gasteiger partial charge in [-0.3, -0.25) is 0 Å². The lowest BCUT2D eigenvalue weighted by Crippen LogP contribution is -2.08. The zero-order valence-electron chi connectivity index (χ0n) is 10.4. The standard InChI is InChI=1S/C12H12FN3O3/c1-6-9(13)3-8(4-10(6)14)12(17)18-5-11-7(2)15-19-16-11/h3-4H,5,14H2,1-2H3. The quantitative estimate of drug-likeness (QED) is 0.671. The molecule has 0 atom stereocenters. The summed E-state index contributed by atoms with van der Waals surface area (Å²) >= 11 is 0. The largest absolute Gasteiger partial charge is 0.455 e. The Morgan fingerprint density at radius 1 is 1.42 bits per heavy atom. The highest BCUT2D eigenvalue weighted by Crippen LogP contribution is 2.18. The van der Waals surface area contributed by atoms with Crippen molar-refractivity contribution in [3.63, 3.8) is 0 Å². The van der Waals surface area contributed by atoms with Gasteiger partial charge >= 0.3 is 5.97 Å². The Labute approximate surface area is 108 Å². The third kappa shape index (κ3) is 2.70. The molecule has 0 aliphatic heterocycles. The smallest absolute Gasteiger partial charge is 0.338 e. The van der Waals surface area contributed by atoms with E-state index in [2.05, 4.69) is 14.9 Å². The van der Waals surface area contributed by atoms with E-state index in [0.717, 1.165) is 6.07 Å². The topological polar surface area (TPSA) is 91.2 Å². The first-order valence-electron chi connectivity index (χ1n) is 5.50. The van der Waals surface area contributed by atoms with E-state index >= 15 is 0 Å². The average molecular weight is 265 g/mol. The van der Waals surface area contributed by atoms with Crippen LogP contribution in [0, 0.1) is 19.7 Å². The predicted octanol–water partition coefficient (Wildman–Crippen LogP) is 1.76. The van der Waals surface area contributed by atoms with Crippen molar-refractivity contribution in [2.24, 2.45) is 0 Å². The van der Waals surface area contributed by atoms with Crippen molar-refractivity contribution in [3.05, 3.63) is 40.5 Å². The number of hydrogen-bond donors (Lipinski definition) is 1. The number of nitrogen functional groups attached to an aromatic ring is 1. The maximum Gasteiger partial charge on any atom is 0.338 e. The Balaban J connectivity index is 2.10. The zero-order chi connectivity index (χ0) is 14.0. The van der Waals surface area contributed by atoms with Gasteiger partial charge in [0.25, 0.3) is 0 Å². The molecule has 1 aromatic carbocycles. The molecule has 0 unspecified atom stereocenters. The Hall–Kier alpha value is -2.44. The number of aromatic nitrogens is 2. The fourth-order valence-corrected chi connectivity index (χ4v) is 1.42. The number of nitrogens with two attached hydrogens (primary N) is 1. The Kier molecular flexibility index (Phi) is 3.46. The number of hydrogen-bond acceptors (Lipinski definition) is 6. The lowest BCUT2D eigenvalue weighted by atomic mass is 10.1. The fourth-order valence-electron chi connectivity index (χ4n) is 1.42. The molecule has 0 saturated carbocycles. The van der Waals surface area contributed by atoms with Crippen LogP contribution in [0.5, 0.6) is 0 Å². The van der Waals surface area contributed by atoms with Gasteiger partial charge in [0.1, 0.15) is 23.8 Å². The van der Waals surface area contributed by atoms with Crippen molar-refractivity contribution in [3.8, 4) is 0 Å². The molecule has 0 fully saturated rings. The van der Waals surface area contributed by atoms with Crippen molar-refractivity contribution in [1.82, 2.24) is 10.3 Å². The summed E-state index contributed by atoms with van der Waals surface area (Å²) in [5.41, 5.74) is 7.08. The molecule has 19 heavy (non-hydrogen) atoms. The van der Waals surface area contributed by atoms with Gasteiger partial charge in [-0.25, -0.2) is 13.8 Å². The molecular formula is C12H12FN3O3. The van der Waals surface area contributed by atoms with E-state index in [1.165, 1.54) is 13.0 Å². The van der Waals surface area contributed by atoms with E-state index in [1.54, 1.807) is 6.92 Å². The number of esters is 1. The van der Waals surface area contributed by atoms with Crippen LogP contribution in [0.25, 0.3) is 0 Å². The molecule has 0 radical (unpaired) electrons. The number of aryl methyl sites for hydroxylation is 1. The maximum absolute atomic E-state index is 13.5. The van der Waals surface area contributed by atoms with Gasteiger partial charge in [0.05, 0.1) is 5.56 Å². The fraction of sp³-hybridized carbons (Fsp3) is 0.250. The van der Waals surface area contributed by atoms with Gasteiger partial charge in [-0.15, -0.1) is 0 Å². The summed E-state index contributed by atoms with van der Waals surface area (Å²) in [6.45, 7) is 3.11. The van der Waals surface area contributed by atoms with Crippen LogP contribution in [-0.4, -0.2) is 16.3 Å². The van der Waals surface area contributed by atoms with Crippen LogP contribution in [0.2, 0.25) is 0 Å². The molecule has 0 bridgehead atoms. The van der Waals surface area contributed by atoms with Gasteiger partial charge in [-0.1, -0.05) is 10.3 Å². The van der Waals surface area contributed by atoms with Crippen molar-refractivity contribution in [1.29, 1.82) is 0 Å². The van der Waals surface area contributed by atoms with Crippen molar-refractivity contribution in [2.75, 3.05) is 5.73 Å². The number of rotatable bonds is 3. The number of nitrogens with zero attached hydrogens (tertiary/aromatic N) is 2. The first-order valence-corrected chi connectivity index (χ1v) is 5.50. The second-order valence-corrected chi connectivity index (χ2v) is 4.04. The minimum absolute atomic E-state index is 0.0507. The van der Waals surface area contributed by atoms with E-state index < -0.39 is 11.8 Å². The predicted molar refractivity (Wildman–Crippen MR) is 63.7 cm³/mol. The highest BCUT2D eigenvalue weighted by Gasteiger charge is 2.14. The van der Waals surface area contributed by atoms with Crippen molar-refractivity contribution >= 4 is 11.7 Å². The molecule has 2 rings (SSSR count). The Bertz CT molecular complexity index is 601. The van der Waals surface area contributed by atoms with Gasteiger partial charge in [-0.05, 0) is 26.0 Å². The Morgan fingerprint density at radius 2 is 2.16 bits per heavy atom. The first kappa shape index (κ1) is 13.0. The number of halogens is 1. The summed E-state index contributed by atoms with van der Waals surface area (Å²) in [5.74, 6) is -1.24. The van der Waals surface area contributed by atoms with Crippen LogP contribution in [0.1, 0.15) is 27.3 Å². The van der Waals surface area contributed by atoms with E-state index in [4.69, 9.17) is 10.5 Å². The lowest BCUT2D eigenvalue weighted by molar-refractivity contribution is 0.0463. The summed E-state index contributed by atoms with van der Waals surface area (Å²) < 4.78 is 22.9. The highest BCUT2D eigenvalue weighted by molar-refractivity contribution is 5.90. The summed E-state index contributed by atoms with van der Waals surface area (Å²) in [6.07, 6.45) is 0. The molecule has 0 aliphatic carbocycles.